The van der Waals surface area contributed by atoms with E-state index in [2.05, 4.69) is 15.2 Å². The van der Waals surface area contributed by atoms with Crippen molar-refractivity contribution < 1.29 is 4.79 Å². The maximum atomic E-state index is 11.9. The molecule has 2 aliphatic rings. The second-order valence-corrected chi connectivity index (χ2v) is 5.98. The Balaban J connectivity index is 1.72. The molecule has 2 atom stereocenters. The van der Waals surface area contributed by atoms with Crippen molar-refractivity contribution in [1.82, 2.24) is 15.2 Å². The van der Waals surface area contributed by atoms with E-state index in [0.29, 0.717) is 17.6 Å². The minimum atomic E-state index is 0.000593. The Morgan fingerprint density at radius 3 is 2.80 bits per heavy atom. The molecule has 1 aromatic heterocycles. The minimum absolute atomic E-state index is 0.000593. The van der Waals surface area contributed by atoms with Gasteiger partial charge < -0.3 is 15.1 Å². The number of pyridine rings is 1. The molecule has 0 saturated carbocycles. The van der Waals surface area contributed by atoms with Gasteiger partial charge in [0.15, 0.2) is 0 Å². The molecule has 2 bridgehead atoms. The van der Waals surface area contributed by atoms with Crippen LogP contribution < -0.4 is 10.2 Å². The zero-order chi connectivity index (χ0) is 14.1. The normalized spacial score (nSPS) is 25.4. The van der Waals surface area contributed by atoms with Gasteiger partial charge in [-0.05, 0) is 31.4 Å². The molecule has 3 rings (SSSR count). The molecule has 2 unspecified atom stereocenters. The molecule has 5 nitrogen and oxygen atoms in total. The number of nitrogens with zero attached hydrogens (tertiary/aromatic N) is 3. The van der Waals surface area contributed by atoms with E-state index in [0.717, 1.165) is 18.9 Å². The monoisotopic (exact) mass is 274 g/mol. The molecule has 5 heteroatoms. The highest BCUT2D eigenvalue weighted by Gasteiger charge is 2.29. The Bertz CT molecular complexity index is 485. The second-order valence-electron chi connectivity index (χ2n) is 5.98. The first-order valence-electron chi connectivity index (χ1n) is 7.32. The van der Waals surface area contributed by atoms with Crippen LogP contribution in [0, 0.1) is 0 Å². The molecule has 1 aromatic rings. The van der Waals surface area contributed by atoms with Crippen molar-refractivity contribution in [1.29, 1.82) is 0 Å². The molecular weight excluding hydrogens is 252 g/mol. The predicted molar refractivity (Wildman–Crippen MR) is 79.0 cm³/mol. The number of fused-ring (bicyclic) bond motifs is 2. The van der Waals surface area contributed by atoms with Crippen LogP contribution in [-0.2, 0) is 0 Å². The van der Waals surface area contributed by atoms with Gasteiger partial charge in [0.2, 0.25) is 0 Å². The highest BCUT2D eigenvalue weighted by atomic mass is 16.2. The van der Waals surface area contributed by atoms with E-state index in [4.69, 9.17) is 0 Å². The Labute approximate surface area is 120 Å². The number of nitrogens with one attached hydrogen (secondary N) is 1. The first kappa shape index (κ1) is 13.4. The summed E-state index contributed by atoms with van der Waals surface area (Å²) >= 11 is 0. The summed E-state index contributed by atoms with van der Waals surface area (Å²) < 4.78 is 0. The van der Waals surface area contributed by atoms with Crippen LogP contribution in [0.3, 0.4) is 0 Å². The van der Waals surface area contributed by atoms with Crippen molar-refractivity contribution in [3.8, 4) is 0 Å². The highest BCUT2D eigenvalue weighted by molar-refractivity contribution is 5.93. The molecule has 0 radical (unpaired) electrons. The van der Waals surface area contributed by atoms with E-state index >= 15 is 0 Å². The summed E-state index contributed by atoms with van der Waals surface area (Å²) in [5.74, 6) is 0.982. The summed E-state index contributed by atoms with van der Waals surface area (Å²) in [6.07, 6.45) is 5.44. The molecule has 2 fully saturated rings. The summed E-state index contributed by atoms with van der Waals surface area (Å²) in [4.78, 5) is 20.2. The van der Waals surface area contributed by atoms with Gasteiger partial charge in [-0.2, -0.15) is 0 Å². The van der Waals surface area contributed by atoms with Gasteiger partial charge >= 0.3 is 0 Å². The highest BCUT2D eigenvalue weighted by Crippen LogP contribution is 2.23. The molecule has 20 heavy (non-hydrogen) atoms. The lowest BCUT2D eigenvalue weighted by Crippen LogP contribution is -2.35. The molecular formula is C15H22N4O. The van der Waals surface area contributed by atoms with Crippen LogP contribution in [-0.4, -0.2) is 55.1 Å². The standard InChI is InChI=1S/C15H22N4O/c1-18(2)15(20)11-3-6-14(16-9-11)19-8-7-12-4-5-13(10-19)17-12/h3,6,9,12-13,17H,4-5,7-8,10H2,1-2H3. The number of carbonyl (C=O) groups is 1. The second kappa shape index (κ2) is 5.40. The molecule has 3 heterocycles. The van der Waals surface area contributed by atoms with Gasteiger partial charge in [0.1, 0.15) is 5.82 Å². The van der Waals surface area contributed by atoms with Crippen molar-refractivity contribution in [2.45, 2.75) is 31.3 Å². The summed E-state index contributed by atoms with van der Waals surface area (Å²) in [7, 11) is 3.51. The number of hydrogen-bond acceptors (Lipinski definition) is 4. The minimum Gasteiger partial charge on any atom is -0.355 e. The topological polar surface area (TPSA) is 48.5 Å². The first-order chi connectivity index (χ1) is 9.63. The molecule has 108 valence electrons. The summed E-state index contributed by atoms with van der Waals surface area (Å²) in [6.45, 7) is 2.06. The van der Waals surface area contributed by atoms with E-state index in [1.54, 1.807) is 25.2 Å². The molecule has 2 saturated heterocycles. The van der Waals surface area contributed by atoms with Crippen LogP contribution in [0.4, 0.5) is 5.82 Å². The summed E-state index contributed by atoms with van der Waals surface area (Å²) in [5.41, 5.74) is 0.646. The summed E-state index contributed by atoms with van der Waals surface area (Å²) in [5, 5.41) is 3.67. The van der Waals surface area contributed by atoms with Crippen molar-refractivity contribution in [2.75, 3.05) is 32.1 Å². The van der Waals surface area contributed by atoms with E-state index in [-0.39, 0.29) is 5.91 Å². The lowest BCUT2D eigenvalue weighted by Gasteiger charge is -2.25. The largest absolute Gasteiger partial charge is 0.355 e. The Kier molecular flexibility index (Phi) is 3.61. The number of hydrogen-bond donors (Lipinski definition) is 1. The van der Waals surface area contributed by atoms with Gasteiger partial charge in [-0.3, -0.25) is 4.79 Å². The van der Waals surface area contributed by atoms with Crippen molar-refractivity contribution in [3.05, 3.63) is 23.9 Å². The quantitative estimate of drug-likeness (QED) is 0.878. The van der Waals surface area contributed by atoms with Crippen molar-refractivity contribution in [3.63, 3.8) is 0 Å². The Morgan fingerprint density at radius 1 is 1.30 bits per heavy atom. The van der Waals surface area contributed by atoms with Gasteiger partial charge in [0.05, 0.1) is 5.56 Å². The van der Waals surface area contributed by atoms with Gasteiger partial charge in [0.25, 0.3) is 5.91 Å². The first-order valence-corrected chi connectivity index (χ1v) is 7.32. The number of amides is 1. The SMILES string of the molecule is CN(C)C(=O)c1ccc(N2CCC3CCC(C2)N3)nc1. The van der Waals surface area contributed by atoms with E-state index < -0.39 is 0 Å². The van der Waals surface area contributed by atoms with Crippen LogP contribution in [0.15, 0.2) is 18.3 Å². The number of rotatable bonds is 2. The average Bonchev–Trinajstić information content (AvgIpc) is 2.78. The lowest BCUT2D eigenvalue weighted by atomic mass is 10.1. The molecule has 1 N–H and O–H groups in total. The van der Waals surface area contributed by atoms with Crippen LogP contribution in [0.25, 0.3) is 0 Å². The van der Waals surface area contributed by atoms with Crippen molar-refractivity contribution >= 4 is 11.7 Å². The Hall–Kier alpha value is -1.62. The van der Waals surface area contributed by atoms with Crippen LogP contribution in [0.2, 0.25) is 0 Å². The Morgan fingerprint density at radius 2 is 2.10 bits per heavy atom. The smallest absolute Gasteiger partial charge is 0.254 e. The third-order valence-electron chi connectivity index (χ3n) is 4.25. The van der Waals surface area contributed by atoms with Gasteiger partial charge in [-0.1, -0.05) is 0 Å². The number of aromatic nitrogens is 1. The average molecular weight is 274 g/mol. The fourth-order valence-corrected chi connectivity index (χ4v) is 3.11. The van der Waals surface area contributed by atoms with Crippen LogP contribution in [0.1, 0.15) is 29.6 Å². The van der Waals surface area contributed by atoms with E-state index in [1.165, 1.54) is 19.3 Å². The molecule has 1 amide bonds. The van der Waals surface area contributed by atoms with E-state index in [1.807, 2.05) is 12.1 Å². The predicted octanol–water partition coefficient (Wildman–Crippen LogP) is 1.11. The summed E-state index contributed by atoms with van der Waals surface area (Å²) in [6, 6.07) is 5.11. The van der Waals surface area contributed by atoms with Gasteiger partial charge in [-0.15, -0.1) is 0 Å². The molecule has 2 aliphatic heterocycles. The third-order valence-corrected chi connectivity index (χ3v) is 4.25. The van der Waals surface area contributed by atoms with Crippen LogP contribution >= 0.6 is 0 Å². The van der Waals surface area contributed by atoms with Crippen LogP contribution in [0.5, 0.6) is 0 Å². The van der Waals surface area contributed by atoms with Crippen molar-refractivity contribution in [2.24, 2.45) is 0 Å². The van der Waals surface area contributed by atoms with Gasteiger partial charge in [0, 0.05) is 45.5 Å². The lowest BCUT2D eigenvalue weighted by molar-refractivity contribution is 0.0827. The maximum Gasteiger partial charge on any atom is 0.254 e. The fraction of sp³-hybridized carbons (Fsp3) is 0.600. The number of carbonyl (C=O) groups excluding carboxylic acids is 1. The number of anilines is 1. The van der Waals surface area contributed by atoms with E-state index in [9.17, 15) is 4.79 Å². The molecule has 0 aromatic carbocycles. The zero-order valence-electron chi connectivity index (χ0n) is 12.2. The maximum absolute atomic E-state index is 11.9. The fourth-order valence-electron chi connectivity index (χ4n) is 3.11. The zero-order valence-corrected chi connectivity index (χ0v) is 12.2. The molecule has 0 spiro atoms. The molecule has 0 aliphatic carbocycles. The van der Waals surface area contributed by atoms with Gasteiger partial charge in [-0.25, -0.2) is 4.98 Å². The third kappa shape index (κ3) is 2.63.